The minimum absolute atomic E-state index is 0.121. The van der Waals surface area contributed by atoms with Crippen LogP contribution >= 0.6 is 0 Å². The van der Waals surface area contributed by atoms with Crippen LogP contribution in [0.3, 0.4) is 0 Å². The molecule has 0 aliphatic rings. The van der Waals surface area contributed by atoms with Crippen molar-refractivity contribution >= 4 is 5.78 Å². The van der Waals surface area contributed by atoms with E-state index < -0.39 is 0 Å². The van der Waals surface area contributed by atoms with E-state index in [1.54, 1.807) is 12.3 Å². The summed E-state index contributed by atoms with van der Waals surface area (Å²) in [6.07, 6.45) is 2.49. The maximum absolute atomic E-state index is 11.8. The van der Waals surface area contributed by atoms with E-state index in [0.29, 0.717) is 5.69 Å². The van der Waals surface area contributed by atoms with Crippen LogP contribution in [0.2, 0.25) is 0 Å². The minimum Gasteiger partial charge on any atom is -0.292 e. The van der Waals surface area contributed by atoms with Gasteiger partial charge in [-0.2, -0.15) is 0 Å². The zero-order valence-corrected chi connectivity index (χ0v) is 8.37. The molecule has 0 atom stereocenters. The number of carbonyl (C=O) groups is 1. The standard InChI is InChI=1S/C11H15NO/c1-4-11(2,3)10(13)9-7-5-6-8-12-9/h5-8H,4H2,1-3H3. The van der Waals surface area contributed by atoms with Crippen molar-refractivity contribution in [2.24, 2.45) is 5.41 Å². The first-order valence-corrected chi connectivity index (χ1v) is 4.54. The normalized spacial score (nSPS) is 11.3. The van der Waals surface area contributed by atoms with Crippen LogP contribution in [0, 0.1) is 5.41 Å². The van der Waals surface area contributed by atoms with E-state index in [1.165, 1.54) is 0 Å². The Labute approximate surface area is 79.0 Å². The van der Waals surface area contributed by atoms with Gasteiger partial charge in [0.05, 0.1) is 0 Å². The zero-order chi connectivity index (χ0) is 9.90. The van der Waals surface area contributed by atoms with Crippen LogP contribution in [0.5, 0.6) is 0 Å². The first-order chi connectivity index (χ1) is 6.08. The van der Waals surface area contributed by atoms with E-state index >= 15 is 0 Å². The van der Waals surface area contributed by atoms with Gasteiger partial charge in [-0.1, -0.05) is 26.8 Å². The monoisotopic (exact) mass is 177 g/mol. The van der Waals surface area contributed by atoms with Crippen molar-refractivity contribution in [3.05, 3.63) is 30.1 Å². The van der Waals surface area contributed by atoms with Crippen LogP contribution < -0.4 is 0 Å². The first kappa shape index (κ1) is 9.90. The third-order valence-electron chi connectivity index (χ3n) is 2.40. The molecule has 0 spiro atoms. The molecule has 0 amide bonds. The van der Waals surface area contributed by atoms with Gasteiger partial charge in [-0.15, -0.1) is 0 Å². The van der Waals surface area contributed by atoms with Gasteiger partial charge in [0.25, 0.3) is 0 Å². The molecule has 1 rings (SSSR count). The fraction of sp³-hybridized carbons (Fsp3) is 0.455. The number of ketones is 1. The van der Waals surface area contributed by atoms with Crippen LogP contribution in [0.25, 0.3) is 0 Å². The SMILES string of the molecule is CCC(C)(C)C(=O)c1ccccn1. The molecule has 2 nitrogen and oxygen atoms in total. The van der Waals surface area contributed by atoms with Crippen LogP contribution in [-0.2, 0) is 0 Å². The number of pyridine rings is 1. The quantitative estimate of drug-likeness (QED) is 0.664. The number of hydrogen-bond acceptors (Lipinski definition) is 2. The summed E-state index contributed by atoms with van der Waals surface area (Å²) in [7, 11) is 0. The molecule has 0 fully saturated rings. The molecule has 1 heterocycles. The van der Waals surface area contributed by atoms with Crippen molar-refractivity contribution in [3.63, 3.8) is 0 Å². The van der Waals surface area contributed by atoms with Crippen molar-refractivity contribution in [3.8, 4) is 0 Å². The summed E-state index contributed by atoms with van der Waals surface area (Å²) in [5.74, 6) is 0.121. The van der Waals surface area contributed by atoms with Crippen LogP contribution in [0.4, 0.5) is 0 Å². The number of aromatic nitrogens is 1. The second-order valence-electron chi connectivity index (χ2n) is 3.78. The number of nitrogens with zero attached hydrogens (tertiary/aromatic N) is 1. The Kier molecular flexibility index (Phi) is 2.81. The lowest BCUT2D eigenvalue weighted by atomic mass is 9.84. The van der Waals surface area contributed by atoms with Gasteiger partial charge < -0.3 is 0 Å². The van der Waals surface area contributed by atoms with E-state index in [4.69, 9.17) is 0 Å². The van der Waals surface area contributed by atoms with Gasteiger partial charge in [0, 0.05) is 11.6 Å². The van der Waals surface area contributed by atoms with Crippen molar-refractivity contribution in [1.82, 2.24) is 4.98 Å². The fourth-order valence-electron chi connectivity index (χ4n) is 1.00. The second kappa shape index (κ2) is 3.69. The molecule has 2 heteroatoms. The zero-order valence-electron chi connectivity index (χ0n) is 8.37. The molecule has 1 aromatic rings. The maximum Gasteiger partial charge on any atom is 0.186 e. The predicted octanol–water partition coefficient (Wildman–Crippen LogP) is 2.70. The smallest absolute Gasteiger partial charge is 0.186 e. The molecular weight excluding hydrogens is 162 g/mol. The molecule has 0 saturated carbocycles. The fourth-order valence-corrected chi connectivity index (χ4v) is 1.00. The Balaban J connectivity index is 2.93. The van der Waals surface area contributed by atoms with E-state index in [1.807, 2.05) is 32.9 Å². The molecule has 0 N–H and O–H groups in total. The molecule has 70 valence electrons. The third-order valence-corrected chi connectivity index (χ3v) is 2.40. The summed E-state index contributed by atoms with van der Waals surface area (Å²) in [6.45, 7) is 5.91. The number of rotatable bonds is 3. The highest BCUT2D eigenvalue weighted by molar-refractivity contribution is 5.98. The summed E-state index contributed by atoms with van der Waals surface area (Å²) in [6, 6.07) is 5.42. The Morgan fingerprint density at radius 2 is 2.15 bits per heavy atom. The Morgan fingerprint density at radius 3 is 2.62 bits per heavy atom. The van der Waals surface area contributed by atoms with E-state index in [0.717, 1.165) is 6.42 Å². The van der Waals surface area contributed by atoms with Crippen LogP contribution in [0.15, 0.2) is 24.4 Å². The van der Waals surface area contributed by atoms with Gasteiger partial charge in [-0.3, -0.25) is 9.78 Å². The van der Waals surface area contributed by atoms with E-state index in [2.05, 4.69) is 4.98 Å². The van der Waals surface area contributed by atoms with Crippen molar-refractivity contribution in [1.29, 1.82) is 0 Å². The Morgan fingerprint density at radius 1 is 1.46 bits per heavy atom. The number of carbonyl (C=O) groups excluding carboxylic acids is 1. The second-order valence-corrected chi connectivity index (χ2v) is 3.78. The van der Waals surface area contributed by atoms with Crippen molar-refractivity contribution in [2.45, 2.75) is 27.2 Å². The molecule has 0 aliphatic carbocycles. The molecular formula is C11H15NO. The minimum atomic E-state index is -0.297. The number of Topliss-reactive ketones (excluding diaryl/α,β-unsaturated/α-hetero) is 1. The lowest BCUT2D eigenvalue weighted by molar-refractivity contribution is 0.0827. The highest BCUT2D eigenvalue weighted by Gasteiger charge is 2.26. The lowest BCUT2D eigenvalue weighted by Gasteiger charge is -2.19. The van der Waals surface area contributed by atoms with Gasteiger partial charge in [0.15, 0.2) is 5.78 Å². The summed E-state index contributed by atoms with van der Waals surface area (Å²) < 4.78 is 0. The van der Waals surface area contributed by atoms with Crippen molar-refractivity contribution in [2.75, 3.05) is 0 Å². The molecule has 13 heavy (non-hydrogen) atoms. The van der Waals surface area contributed by atoms with Gasteiger partial charge in [0.1, 0.15) is 5.69 Å². The van der Waals surface area contributed by atoms with Crippen LogP contribution in [0.1, 0.15) is 37.7 Å². The molecule has 0 saturated heterocycles. The average Bonchev–Trinajstić information content (AvgIpc) is 2.18. The Bertz CT molecular complexity index is 290. The highest BCUT2D eigenvalue weighted by atomic mass is 16.1. The molecule has 0 aliphatic heterocycles. The largest absolute Gasteiger partial charge is 0.292 e. The molecule has 0 aromatic carbocycles. The lowest BCUT2D eigenvalue weighted by Crippen LogP contribution is -2.24. The summed E-state index contributed by atoms with van der Waals surface area (Å²) in [5, 5.41) is 0. The van der Waals surface area contributed by atoms with E-state index in [9.17, 15) is 4.79 Å². The molecule has 1 aromatic heterocycles. The predicted molar refractivity (Wildman–Crippen MR) is 52.6 cm³/mol. The highest BCUT2D eigenvalue weighted by Crippen LogP contribution is 2.24. The Hall–Kier alpha value is -1.18. The topological polar surface area (TPSA) is 30.0 Å². The maximum atomic E-state index is 11.8. The van der Waals surface area contributed by atoms with Gasteiger partial charge in [0.2, 0.25) is 0 Å². The van der Waals surface area contributed by atoms with E-state index in [-0.39, 0.29) is 11.2 Å². The number of hydrogen-bond donors (Lipinski definition) is 0. The third kappa shape index (κ3) is 2.14. The average molecular weight is 177 g/mol. The summed E-state index contributed by atoms with van der Waals surface area (Å²) >= 11 is 0. The first-order valence-electron chi connectivity index (χ1n) is 4.54. The van der Waals surface area contributed by atoms with Gasteiger partial charge >= 0.3 is 0 Å². The molecule has 0 unspecified atom stereocenters. The van der Waals surface area contributed by atoms with Gasteiger partial charge in [-0.25, -0.2) is 0 Å². The molecule has 0 bridgehead atoms. The summed E-state index contributed by atoms with van der Waals surface area (Å²) in [4.78, 5) is 15.9. The molecule has 0 radical (unpaired) electrons. The van der Waals surface area contributed by atoms with Gasteiger partial charge in [-0.05, 0) is 18.6 Å². The van der Waals surface area contributed by atoms with Crippen LogP contribution in [-0.4, -0.2) is 10.8 Å². The summed E-state index contributed by atoms with van der Waals surface area (Å²) in [5.41, 5.74) is 0.267. The van der Waals surface area contributed by atoms with Crippen molar-refractivity contribution < 1.29 is 4.79 Å².